The van der Waals surface area contributed by atoms with Crippen LogP contribution in [0, 0.1) is 0 Å². The number of carboxylic acid groups (broad SMARTS) is 1. The standard InChI is InChI=1S/C25H29NO4S.CH2O2/c1-2-3-4-5-14-30-23-18-31-17-21(23)16-26(25(28)12-13-25)24(27)20-10-8-19(9-11-20)22-7-6-15-29-22;2-1-3/h6-11,15,17-18,28H,2-5,12-14,16H2,1H3;1H,(H,2,3). The van der Waals surface area contributed by atoms with Gasteiger partial charge in [-0.05, 0) is 48.9 Å². The maximum absolute atomic E-state index is 13.3. The highest BCUT2D eigenvalue weighted by Crippen LogP contribution is 2.41. The van der Waals surface area contributed by atoms with Gasteiger partial charge in [-0.25, -0.2) is 0 Å². The molecule has 1 aromatic carbocycles. The summed E-state index contributed by atoms with van der Waals surface area (Å²) in [7, 11) is 0. The number of furan rings is 1. The number of rotatable bonds is 11. The number of hydrogen-bond acceptors (Lipinski definition) is 6. The number of hydrogen-bond donors (Lipinski definition) is 2. The molecule has 2 N–H and O–H groups in total. The second-order valence-corrected chi connectivity index (χ2v) is 8.95. The zero-order valence-corrected chi connectivity index (χ0v) is 20.1. The van der Waals surface area contributed by atoms with E-state index in [1.165, 1.54) is 12.8 Å². The van der Waals surface area contributed by atoms with Crippen LogP contribution < -0.4 is 4.74 Å². The van der Waals surface area contributed by atoms with Crippen LogP contribution in [0.2, 0.25) is 0 Å². The van der Waals surface area contributed by atoms with Crippen molar-refractivity contribution >= 4 is 23.7 Å². The third-order valence-corrected chi connectivity index (χ3v) is 6.44. The van der Waals surface area contributed by atoms with Gasteiger partial charge in [0.05, 0.1) is 19.4 Å². The van der Waals surface area contributed by atoms with Gasteiger partial charge in [0, 0.05) is 22.1 Å². The summed E-state index contributed by atoms with van der Waals surface area (Å²) >= 11 is 1.56. The molecular formula is C26H31NO6S. The molecule has 0 aliphatic heterocycles. The van der Waals surface area contributed by atoms with Gasteiger partial charge in [-0.3, -0.25) is 9.59 Å². The molecule has 1 aliphatic rings. The molecule has 4 rings (SSSR count). The SMILES string of the molecule is CCCCCCOc1cscc1CN(C(=O)c1ccc(-c2ccco2)cc1)C1(O)CC1.O=CO. The van der Waals surface area contributed by atoms with Crippen molar-refractivity contribution < 1.29 is 29.0 Å². The van der Waals surface area contributed by atoms with Crippen molar-refractivity contribution in [2.24, 2.45) is 0 Å². The van der Waals surface area contributed by atoms with E-state index >= 15 is 0 Å². The molecule has 0 spiro atoms. The fourth-order valence-corrected chi connectivity index (χ4v) is 4.37. The molecule has 182 valence electrons. The number of benzene rings is 1. The first-order valence-corrected chi connectivity index (χ1v) is 12.4. The van der Waals surface area contributed by atoms with Crippen LogP contribution in [0.5, 0.6) is 5.75 Å². The van der Waals surface area contributed by atoms with Crippen LogP contribution >= 0.6 is 11.3 Å². The van der Waals surface area contributed by atoms with Crippen LogP contribution in [-0.2, 0) is 11.3 Å². The van der Waals surface area contributed by atoms with Gasteiger partial charge < -0.3 is 24.3 Å². The Morgan fingerprint density at radius 3 is 2.53 bits per heavy atom. The van der Waals surface area contributed by atoms with E-state index in [9.17, 15) is 9.90 Å². The van der Waals surface area contributed by atoms with Gasteiger partial charge in [-0.15, -0.1) is 11.3 Å². The Morgan fingerprint density at radius 2 is 1.91 bits per heavy atom. The molecule has 7 nitrogen and oxygen atoms in total. The van der Waals surface area contributed by atoms with Crippen LogP contribution in [0.25, 0.3) is 11.3 Å². The van der Waals surface area contributed by atoms with Gasteiger partial charge >= 0.3 is 0 Å². The molecule has 34 heavy (non-hydrogen) atoms. The monoisotopic (exact) mass is 485 g/mol. The summed E-state index contributed by atoms with van der Waals surface area (Å²) in [6, 6.07) is 11.0. The van der Waals surface area contributed by atoms with E-state index in [0.29, 0.717) is 31.6 Å². The minimum atomic E-state index is -1.07. The summed E-state index contributed by atoms with van der Waals surface area (Å²) < 4.78 is 11.4. The van der Waals surface area contributed by atoms with E-state index in [-0.39, 0.29) is 12.4 Å². The van der Waals surface area contributed by atoms with Gasteiger partial charge in [0.2, 0.25) is 0 Å². The first kappa shape index (κ1) is 25.5. The molecule has 1 saturated carbocycles. The van der Waals surface area contributed by atoms with Crippen molar-refractivity contribution in [1.29, 1.82) is 0 Å². The van der Waals surface area contributed by atoms with E-state index in [1.54, 1.807) is 34.6 Å². The van der Waals surface area contributed by atoms with E-state index in [4.69, 9.17) is 19.1 Å². The van der Waals surface area contributed by atoms with E-state index in [0.717, 1.165) is 35.5 Å². The first-order valence-electron chi connectivity index (χ1n) is 11.5. The zero-order valence-electron chi connectivity index (χ0n) is 19.3. The van der Waals surface area contributed by atoms with Crippen LogP contribution in [0.3, 0.4) is 0 Å². The largest absolute Gasteiger partial charge is 0.492 e. The molecule has 0 bridgehead atoms. The Morgan fingerprint density at radius 1 is 1.18 bits per heavy atom. The molecule has 1 amide bonds. The number of ether oxygens (including phenoxy) is 1. The third-order valence-electron chi connectivity index (χ3n) is 5.67. The summed E-state index contributed by atoms with van der Waals surface area (Å²) in [5.74, 6) is 1.40. The van der Waals surface area contributed by atoms with Crippen LogP contribution in [-0.4, -0.2) is 39.8 Å². The lowest BCUT2D eigenvalue weighted by Crippen LogP contribution is -2.41. The molecule has 1 fully saturated rings. The number of carbonyl (C=O) groups excluding carboxylic acids is 1. The fraction of sp³-hybridized carbons (Fsp3) is 0.385. The third kappa shape index (κ3) is 6.71. The summed E-state index contributed by atoms with van der Waals surface area (Å²) in [5, 5.41) is 21.7. The van der Waals surface area contributed by atoms with Crippen molar-refractivity contribution in [2.75, 3.05) is 6.61 Å². The highest BCUT2D eigenvalue weighted by Gasteiger charge is 2.49. The lowest BCUT2D eigenvalue weighted by molar-refractivity contribution is -0.122. The van der Waals surface area contributed by atoms with Gasteiger partial charge in [0.15, 0.2) is 0 Å². The molecule has 0 radical (unpaired) electrons. The Balaban J connectivity index is 0.00000103. The Hall–Kier alpha value is -3.10. The minimum absolute atomic E-state index is 0.175. The summed E-state index contributed by atoms with van der Waals surface area (Å²) in [4.78, 5) is 23.2. The fourth-order valence-electron chi connectivity index (χ4n) is 3.60. The molecule has 8 heteroatoms. The molecule has 1 aliphatic carbocycles. The molecule has 3 aromatic rings. The van der Waals surface area contributed by atoms with E-state index in [2.05, 4.69) is 6.92 Å². The Kier molecular flexibility index (Phi) is 9.30. The number of amides is 1. The van der Waals surface area contributed by atoms with Crippen molar-refractivity contribution in [2.45, 2.75) is 57.7 Å². The topological polar surface area (TPSA) is 100 Å². The minimum Gasteiger partial charge on any atom is -0.492 e. The smallest absolute Gasteiger partial charge is 0.290 e. The molecular weight excluding hydrogens is 454 g/mol. The van der Waals surface area contributed by atoms with Crippen LogP contribution in [0.15, 0.2) is 57.8 Å². The highest BCUT2D eigenvalue weighted by molar-refractivity contribution is 7.08. The van der Waals surface area contributed by atoms with Gasteiger partial charge in [0.25, 0.3) is 12.4 Å². The number of carbonyl (C=O) groups is 2. The molecule has 2 heterocycles. The highest BCUT2D eigenvalue weighted by atomic mass is 32.1. The van der Waals surface area contributed by atoms with Crippen molar-refractivity contribution in [3.8, 4) is 17.1 Å². The normalized spacial score (nSPS) is 13.5. The first-order chi connectivity index (χ1) is 16.5. The van der Waals surface area contributed by atoms with Crippen molar-refractivity contribution in [3.63, 3.8) is 0 Å². The summed E-state index contributed by atoms with van der Waals surface area (Å²) in [6.07, 6.45) is 7.42. The van der Waals surface area contributed by atoms with Crippen molar-refractivity contribution in [1.82, 2.24) is 4.90 Å². The van der Waals surface area contributed by atoms with Gasteiger partial charge in [-0.1, -0.05) is 38.3 Å². The van der Waals surface area contributed by atoms with Crippen LogP contribution in [0.1, 0.15) is 61.4 Å². The number of nitrogens with zero attached hydrogens (tertiary/aromatic N) is 1. The molecule has 2 aromatic heterocycles. The van der Waals surface area contributed by atoms with E-state index < -0.39 is 5.72 Å². The zero-order chi connectivity index (χ0) is 24.4. The molecule has 0 unspecified atom stereocenters. The number of aliphatic hydroxyl groups is 1. The van der Waals surface area contributed by atoms with Gasteiger partial charge in [0.1, 0.15) is 17.2 Å². The van der Waals surface area contributed by atoms with Gasteiger partial charge in [-0.2, -0.15) is 0 Å². The average molecular weight is 486 g/mol. The molecule has 0 atom stereocenters. The maximum Gasteiger partial charge on any atom is 0.290 e. The predicted octanol–water partition coefficient (Wildman–Crippen LogP) is 5.79. The second-order valence-electron chi connectivity index (χ2n) is 8.20. The average Bonchev–Trinajstić information content (AvgIpc) is 3.22. The van der Waals surface area contributed by atoms with E-state index in [1.807, 2.05) is 35.0 Å². The second kappa shape index (κ2) is 12.4. The quantitative estimate of drug-likeness (QED) is 0.202. The Bertz CT molecular complexity index is 1020. The summed E-state index contributed by atoms with van der Waals surface area (Å²) in [6.45, 7) is 2.95. The number of unbranched alkanes of at least 4 members (excludes halogenated alkanes) is 3. The lowest BCUT2D eigenvalue weighted by atomic mass is 10.1. The maximum atomic E-state index is 13.3. The molecule has 0 saturated heterocycles. The predicted molar refractivity (Wildman–Crippen MR) is 131 cm³/mol. The lowest BCUT2D eigenvalue weighted by Gasteiger charge is -2.28. The van der Waals surface area contributed by atoms with Crippen molar-refractivity contribution in [3.05, 3.63) is 64.5 Å². The summed E-state index contributed by atoms with van der Waals surface area (Å²) in [5.41, 5.74) is 1.33. The number of thiophene rings is 1. The van der Waals surface area contributed by atoms with Crippen LogP contribution in [0.4, 0.5) is 0 Å². The Labute approximate surface area is 203 Å².